The molecule has 2 amide bonds. The third kappa shape index (κ3) is 3.33. The summed E-state index contributed by atoms with van der Waals surface area (Å²) in [4.78, 5) is 42.0. The van der Waals surface area contributed by atoms with Gasteiger partial charge >= 0.3 is 5.97 Å². The van der Waals surface area contributed by atoms with Gasteiger partial charge in [-0.05, 0) is 45.2 Å². The lowest BCUT2D eigenvalue weighted by molar-refractivity contribution is -0.155. The van der Waals surface area contributed by atoms with Gasteiger partial charge in [-0.3, -0.25) is 14.4 Å². The van der Waals surface area contributed by atoms with Crippen LogP contribution in [0.25, 0.3) is 0 Å². The molecule has 9 heteroatoms. The van der Waals surface area contributed by atoms with E-state index in [1.165, 1.54) is 4.90 Å². The summed E-state index contributed by atoms with van der Waals surface area (Å²) in [5.41, 5.74) is 0.467. The molecule has 1 aromatic rings. The number of fused-ring (bicyclic) bond motifs is 1. The first-order valence-corrected chi connectivity index (χ1v) is 12.3. The second-order valence-electron chi connectivity index (χ2n) is 8.94. The Balaban J connectivity index is 1.78. The van der Waals surface area contributed by atoms with Gasteiger partial charge in [-0.1, -0.05) is 30.7 Å². The molecule has 2 unspecified atom stereocenters. The maximum atomic E-state index is 13.8. The summed E-state index contributed by atoms with van der Waals surface area (Å²) in [6.07, 6.45) is 1.84. The van der Waals surface area contributed by atoms with E-state index in [0.717, 1.165) is 0 Å². The van der Waals surface area contributed by atoms with E-state index in [1.54, 1.807) is 43.0 Å². The predicted octanol–water partition coefficient (Wildman–Crippen LogP) is 3.09. The highest BCUT2D eigenvalue weighted by atomic mass is 35.5. The van der Waals surface area contributed by atoms with Crippen molar-refractivity contribution in [1.29, 1.82) is 0 Å². The number of thioether (sulfide) groups is 1. The molecular weight excluding hydrogens is 452 g/mol. The highest BCUT2D eigenvalue weighted by Gasteiger charge is 2.77. The van der Waals surface area contributed by atoms with Crippen LogP contribution in [0.1, 0.15) is 40.0 Å². The lowest BCUT2D eigenvalue weighted by Gasteiger charge is -2.36. The van der Waals surface area contributed by atoms with Crippen molar-refractivity contribution in [2.24, 2.45) is 11.8 Å². The van der Waals surface area contributed by atoms with Gasteiger partial charge in [-0.15, -0.1) is 11.8 Å². The molecule has 4 rings (SSSR count). The number of hydrogen-bond acceptors (Lipinski definition) is 6. The van der Waals surface area contributed by atoms with Gasteiger partial charge in [0.2, 0.25) is 11.8 Å². The minimum atomic E-state index is -0.820. The number of para-hydroxylation sites is 1. The standard InChI is InChI=1S/C23H29ClN2O5S/c1-4-13(12-27)26-18(19(28)25-15-9-7-6-8-14(15)24)23-11-10-22(3,32-23)17(16(23)20(26)29)21(30)31-5-2/h6-9,13,16-18,27H,4-5,10-12H2,1-3H3,(H,25,28)/t13-,16-,17-,18?,22+,23?/m0/s1. The fourth-order valence-corrected chi connectivity index (χ4v) is 8.34. The second kappa shape index (κ2) is 8.54. The lowest BCUT2D eigenvalue weighted by Crippen LogP contribution is -2.54. The number of nitrogens with one attached hydrogen (secondary N) is 1. The first-order chi connectivity index (χ1) is 15.2. The third-order valence-electron chi connectivity index (χ3n) is 7.21. The molecule has 3 aliphatic heterocycles. The summed E-state index contributed by atoms with van der Waals surface area (Å²) in [5, 5.41) is 13.3. The maximum Gasteiger partial charge on any atom is 0.311 e. The Bertz CT molecular complexity index is 941. The van der Waals surface area contributed by atoms with Gasteiger partial charge in [0.25, 0.3) is 0 Å². The number of esters is 1. The van der Waals surface area contributed by atoms with Gasteiger partial charge in [0.05, 0.1) is 46.5 Å². The smallest absolute Gasteiger partial charge is 0.311 e. The number of aliphatic hydroxyl groups is 1. The Kier molecular flexibility index (Phi) is 6.24. The van der Waals surface area contributed by atoms with Gasteiger partial charge in [0.15, 0.2) is 0 Å². The molecule has 3 fully saturated rings. The summed E-state index contributed by atoms with van der Waals surface area (Å²) in [7, 11) is 0. The van der Waals surface area contributed by atoms with Gasteiger partial charge in [0, 0.05) is 4.75 Å². The number of rotatable bonds is 7. The summed E-state index contributed by atoms with van der Waals surface area (Å²) in [6.45, 7) is 5.59. The van der Waals surface area contributed by atoms with E-state index in [0.29, 0.717) is 30.0 Å². The molecule has 1 aromatic carbocycles. The predicted molar refractivity (Wildman–Crippen MR) is 123 cm³/mol. The van der Waals surface area contributed by atoms with Gasteiger partial charge in [-0.2, -0.15) is 0 Å². The molecule has 2 N–H and O–H groups in total. The molecule has 3 heterocycles. The normalized spacial score (nSPS) is 33.8. The first-order valence-electron chi connectivity index (χ1n) is 11.1. The molecule has 6 atom stereocenters. The van der Waals surface area contributed by atoms with Crippen LogP contribution in [0.4, 0.5) is 5.69 Å². The molecule has 0 saturated carbocycles. The number of carbonyl (C=O) groups is 3. The fraction of sp³-hybridized carbons (Fsp3) is 0.609. The fourth-order valence-electron chi connectivity index (χ4n) is 5.82. The Morgan fingerprint density at radius 3 is 2.69 bits per heavy atom. The minimum absolute atomic E-state index is 0.234. The van der Waals surface area contributed by atoms with Crippen molar-refractivity contribution in [2.75, 3.05) is 18.5 Å². The molecule has 2 bridgehead atoms. The number of likely N-dealkylation sites (tertiary alicyclic amines) is 1. The van der Waals surface area contributed by atoms with Crippen molar-refractivity contribution in [3.63, 3.8) is 0 Å². The van der Waals surface area contributed by atoms with Crippen LogP contribution in [0.15, 0.2) is 24.3 Å². The number of nitrogens with zero attached hydrogens (tertiary/aromatic N) is 1. The maximum absolute atomic E-state index is 13.8. The zero-order valence-electron chi connectivity index (χ0n) is 18.5. The van der Waals surface area contributed by atoms with Crippen LogP contribution >= 0.6 is 23.4 Å². The minimum Gasteiger partial charge on any atom is -0.466 e. The molecule has 32 heavy (non-hydrogen) atoms. The molecule has 1 spiro atoms. The highest BCUT2D eigenvalue weighted by molar-refractivity contribution is 8.02. The van der Waals surface area contributed by atoms with Crippen molar-refractivity contribution in [3.8, 4) is 0 Å². The molecule has 0 radical (unpaired) electrons. The summed E-state index contributed by atoms with van der Waals surface area (Å²) in [6, 6.07) is 5.61. The summed E-state index contributed by atoms with van der Waals surface area (Å²) >= 11 is 7.84. The molecule has 0 aliphatic carbocycles. The zero-order chi connectivity index (χ0) is 23.3. The number of anilines is 1. The average molecular weight is 481 g/mol. The van der Waals surface area contributed by atoms with E-state index < -0.39 is 33.4 Å². The van der Waals surface area contributed by atoms with Crippen LogP contribution in [-0.4, -0.2) is 62.6 Å². The van der Waals surface area contributed by atoms with Crippen LogP contribution < -0.4 is 5.32 Å². The monoisotopic (exact) mass is 480 g/mol. The Morgan fingerprint density at radius 1 is 1.34 bits per heavy atom. The second-order valence-corrected chi connectivity index (χ2v) is 11.2. The van der Waals surface area contributed by atoms with Crippen LogP contribution in [-0.2, 0) is 19.1 Å². The van der Waals surface area contributed by atoms with E-state index in [2.05, 4.69) is 5.32 Å². The van der Waals surface area contributed by atoms with E-state index >= 15 is 0 Å². The number of benzene rings is 1. The largest absolute Gasteiger partial charge is 0.466 e. The Hall–Kier alpha value is -1.77. The van der Waals surface area contributed by atoms with Crippen LogP contribution in [0, 0.1) is 11.8 Å². The van der Waals surface area contributed by atoms with Crippen molar-refractivity contribution in [2.45, 2.75) is 61.6 Å². The van der Waals surface area contributed by atoms with Crippen LogP contribution in [0.3, 0.4) is 0 Å². The number of aliphatic hydroxyl groups excluding tert-OH is 1. The van der Waals surface area contributed by atoms with Crippen LogP contribution in [0.5, 0.6) is 0 Å². The lowest BCUT2D eigenvalue weighted by atomic mass is 9.66. The Morgan fingerprint density at radius 2 is 2.06 bits per heavy atom. The summed E-state index contributed by atoms with van der Waals surface area (Å²) < 4.78 is 4.14. The van der Waals surface area contributed by atoms with Crippen molar-refractivity contribution >= 4 is 46.8 Å². The van der Waals surface area contributed by atoms with Gasteiger partial charge in [-0.25, -0.2) is 0 Å². The van der Waals surface area contributed by atoms with E-state index in [4.69, 9.17) is 16.3 Å². The first kappa shape index (κ1) is 23.4. The quantitative estimate of drug-likeness (QED) is 0.582. The highest BCUT2D eigenvalue weighted by Crippen LogP contribution is 2.71. The zero-order valence-corrected chi connectivity index (χ0v) is 20.0. The van der Waals surface area contributed by atoms with E-state index in [-0.39, 0.29) is 31.0 Å². The van der Waals surface area contributed by atoms with Gasteiger partial charge < -0.3 is 20.1 Å². The number of halogens is 1. The topological polar surface area (TPSA) is 95.9 Å². The molecular formula is C23H29ClN2O5S. The molecule has 3 aliphatic rings. The van der Waals surface area contributed by atoms with Crippen LogP contribution in [0.2, 0.25) is 5.02 Å². The third-order valence-corrected chi connectivity index (χ3v) is 9.53. The Labute approximate surface area is 197 Å². The SMILES string of the molecule is CCOC(=O)[C@@H]1[C@H]2C(=O)N([C@@H](CC)CO)C(C(=O)Nc3ccccc3Cl)C23CC[C@@]1(C)S3. The number of ether oxygens (including phenoxy) is 1. The van der Waals surface area contributed by atoms with E-state index in [9.17, 15) is 19.5 Å². The molecule has 3 saturated heterocycles. The van der Waals surface area contributed by atoms with Crippen molar-refractivity contribution in [3.05, 3.63) is 29.3 Å². The molecule has 0 aromatic heterocycles. The summed E-state index contributed by atoms with van der Waals surface area (Å²) in [5.74, 6) is -2.26. The molecule has 7 nitrogen and oxygen atoms in total. The average Bonchev–Trinajstić information content (AvgIpc) is 3.32. The molecule has 174 valence electrons. The van der Waals surface area contributed by atoms with E-state index in [1.807, 2.05) is 13.8 Å². The van der Waals surface area contributed by atoms with Crippen molar-refractivity contribution < 1.29 is 24.2 Å². The number of carbonyl (C=O) groups excluding carboxylic acids is 3. The number of hydrogen-bond donors (Lipinski definition) is 2. The van der Waals surface area contributed by atoms with Crippen molar-refractivity contribution in [1.82, 2.24) is 4.90 Å². The number of amides is 2. The van der Waals surface area contributed by atoms with Gasteiger partial charge in [0.1, 0.15) is 6.04 Å².